The molecule has 0 aliphatic heterocycles. The van der Waals surface area contributed by atoms with E-state index in [9.17, 15) is 4.79 Å². The van der Waals surface area contributed by atoms with Crippen LogP contribution in [0.1, 0.15) is 28.2 Å². The number of carbonyl (C=O) groups excluding carboxylic acids is 1. The topological polar surface area (TPSA) is 93.0 Å². The van der Waals surface area contributed by atoms with Crippen LogP contribution < -0.4 is 15.8 Å². The number of carbonyl (C=O) groups is 1. The molecule has 2 rings (SSSR count). The van der Waals surface area contributed by atoms with Crippen molar-refractivity contribution in [3.63, 3.8) is 0 Å². The first-order chi connectivity index (χ1) is 10.6. The molecule has 0 spiro atoms. The number of aryl methyl sites for hydroxylation is 1. The number of aromatic nitrogens is 2. The van der Waals surface area contributed by atoms with Crippen molar-refractivity contribution >= 4 is 17.5 Å². The van der Waals surface area contributed by atoms with Crippen LogP contribution in [0.2, 0.25) is 5.02 Å². The quantitative estimate of drug-likeness (QED) is 0.680. The van der Waals surface area contributed by atoms with Gasteiger partial charge in [-0.15, -0.1) is 0 Å². The predicted octanol–water partition coefficient (Wildman–Crippen LogP) is 2.03. The Bertz CT molecular complexity index is 642. The fourth-order valence-electron chi connectivity index (χ4n) is 1.89. The van der Waals surface area contributed by atoms with Gasteiger partial charge in [0.15, 0.2) is 0 Å². The van der Waals surface area contributed by atoms with Crippen molar-refractivity contribution in [2.45, 2.75) is 19.9 Å². The third kappa shape index (κ3) is 4.22. The number of hydrogen-bond donors (Lipinski definition) is 3. The van der Waals surface area contributed by atoms with Crippen LogP contribution in [0.25, 0.3) is 0 Å². The number of amides is 1. The molecule has 0 radical (unpaired) electrons. The van der Waals surface area contributed by atoms with E-state index in [2.05, 4.69) is 15.3 Å². The van der Waals surface area contributed by atoms with Gasteiger partial charge in [0, 0.05) is 10.7 Å². The fourth-order valence-corrected chi connectivity index (χ4v) is 2.06. The van der Waals surface area contributed by atoms with Crippen LogP contribution in [0.15, 0.2) is 24.5 Å². The Balaban J connectivity index is 2.06. The minimum Gasteiger partial charge on any atom is -0.493 e. The molecular formula is C15H19ClN4O2. The predicted molar refractivity (Wildman–Crippen MR) is 85.1 cm³/mol. The number of imidazole rings is 1. The zero-order valence-corrected chi connectivity index (χ0v) is 13.1. The number of hydrogen-bond acceptors (Lipinski definition) is 4. The number of halogens is 1. The molecular weight excluding hydrogens is 304 g/mol. The third-order valence-electron chi connectivity index (χ3n) is 3.15. The molecule has 1 aromatic carbocycles. The van der Waals surface area contributed by atoms with Crippen molar-refractivity contribution in [2.75, 3.05) is 13.2 Å². The molecule has 0 fully saturated rings. The number of nitrogens with two attached hydrogens (primary N) is 1. The molecule has 2 aromatic rings. The molecule has 4 N–H and O–H groups in total. The summed E-state index contributed by atoms with van der Waals surface area (Å²) in [5, 5.41) is 3.34. The van der Waals surface area contributed by atoms with Crippen LogP contribution in [0.3, 0.4) is 0 Å². The van der Waals surface area contributed by atoms with Crippen LogP contribution >= 0.6 is 11.6 Å². The van der Waals surface area contributed by atoms with Crippen molar-refractivity contribution in [2.24, 2.45) is 5.73 Å². The minimum atomic E-state index is -0.234. The zero-order valence-electron chi connectivity index (χ0n) is 12.4. The van der Waals surface area contributed by atoms with E-state index in [-0.39, 0.29) is 5.91 Å². The van der Waals surface area contributed by atoms with Crippen molar-refractivity contribution in [1.82, 2.24) is 15.3 Å². The SMILES string of the molecule is Cc1[nH]cnc1CNC(=O)c1ccc(Cl)cc1OCCCN. The van der Waals surface area contributed by atoms with Gasteiger partial charge in [0.1, 0.15) is 5.75 Å². The maximum absolute atomic E-state index is 12.3. The monoisotopic (exact) mass is 322 g/mol. The summed E-state index contributed by atoms with van der Waals surface area (Å²) in [5.41, 5.74) is 7.61. The second-order valence-corrected chi connectivity index (χ2v) is 5.22. The lowest BCUT2D eigenvalue weighted by molar-refractivity contribution is 0.0946. The summed E-state index contributed by atoms with van der Waals surface area (Å²) >= 11 is 5.96. The fraction of sp³-hybridized carbons (Fsp3) is 0.333. The molecule has 1 heterocycles. The van der Waals surface area contributed by atoms with E-state index in [1.54, 1.807) is 24.5 Å². The van der Waals surface area contributed by atoms with Crippen molar-refractivity contribution in [3.05, 3.63) is 46.5 Å². The number of ether oxygens (including phenoxy) is 1. The van der Waals surface area contributed by atoms with Gasteiger partial charge >= 0.3 is 0 Å². The van der Waals surface area contributed by atoms with E-state index >= 15 is 0 Å². The van der Waals surface area contributed by atoms with E-state index in [1.165, 1.54) is 0 Å². The summed E-state index contributed by atoms with van der Waals surface area (Å²) in [6.45, 7) is 3.22. The highest BCUT2D eigenvalue weighted by Crippen LogP contribution is 2.23. The number of nitrogens with one attached hydrogen (secondary N) is 2. The zero-order chi connectivity index (χ0) is 15.9. The summed E-state index contributed by atoms with van der Waals surface area (Å²) in [4.78, 5) is 19.4. The summed E-state index contributed by atoms with van der Waals surface area (Å²) < 4.78 is 5.59. The molecule has 0 aliphatic carbocycles. The van der Waals surface area contributed by atoms with Crippen LogP contribution in [-0.2, 0) is 6.54 Å². The Kier molecular flexibility index (Phi) is 5.80. The van der Waals surface area contributed by atoms with Crippen LogP contribution in [0.4, 0.5) is 0 Å². The molecule has 6 nitrogen and oxygen atoms in total. The number of nitrogens with zero attached hydrogens (tertiary/aromatic N) is 1. The molecule has 7 heteroatoms. The Morgan fingerprint density at radius 2 is 2.32 bits per heavy atom. The third-order valence-corrected chi connectivity index (χ3v) is 3.38. The molecule has 0 bridgehead atoms. The first kappa shape index (κ1) is 16.3. The standard InChI is InChI=1S/C15H19ClN4O2/c1-10-13(20-9-19-10)8-18-15(21)12-4-3-11(16)7-14(12)22-6-2-5-17/h3-4,7,9H,2,5-6,8,17H2,1H3,(H,18,21)(H,19,20). The summed E-state index contributed by atoms with van der Waals surface area (Å²) in [5.74, 6) is 0.221. The lowest BCUT2D eigenvalue weighted by atomic mass is 10.2. The average molecular weight is 323 g/mol. The van der Waals surface area contributed by atoms with Gasteiger partial charge in [-0.1, -0.05) is 11.6 Å². The van der Waals surface area contributed by atoms with Gasteiger partial charge in [-0.05, 0) is 38.1 Å². The van der Waals surface area contributed by atoms with E-state index in [0.717, 1.165) is 11.4 Å². The van der Waals surface area contributed by atoms with Gasteiger partial charge in [0.05, 0.1) is 30.7 Å². The van der Waals surface area contributed by atoms with E-state index in [0.29, 0.717) is 42.5 Å². The maximum atomic E-state index is 12.3. The molecule has 22 heavy (non-hydrogen) atoms. The Hall–Kier alpha value is -2.05. The maximum Gasteiger partial charge on any atom is 0.255 e. The molecule has 0 atom stereocenters. The normalized spacial score (nSPS) is 10.5. The lowest BCUT2D eigenvalue weighted by Crippen LogP contribution is -2.24. The number of H-pyrrole nitrogens is 1. The highest BCUT2D eigenvalue weighted by Gasteiger charge is 2.14. The highest BCUT2D eigenvalue weighted by atomic mass is 35.5. The van der Waals surface area contributed by atoms with Crippen LogP contribution in [-0.4, -0.2) is 29.0 Å². The second kappa shape index (κ2) is 7.82. The van der Waals surface area contributed by atoms with Gasteiger partial charge in [0.2, 0.25) is 0 Å². The lowest BCUT2D eigenvalue weighted by Gasteiger charge is -2.12. The molecule has 0 aliphatic rings. The Morgan fingerprint density at radius 1 is 1.50 bits per heavy atom. The van der Waals surface area contributed by atoms with Gasteiger partial charge in [-0.25, -0.2) is 4.98 Å². The van der Waals surface area contributed by atoms with Crippen LogP contribution in [0, 0.1) is 6.92 Å². The average Bonchev–Trinajstić information content (AvgIpc) is 2.90. The van der Waals surface area contributed by atoms with Gasteiger partial charge in [-0.3, -0.25) is 4.79 Å². The molecule has 1 amide bonds. The van der Waals surface area contributed by atoms with E-state index in [4.69, 9.17) is 22.1 Å². The summed E-state index contributed by atoms with van der Waals surface area (Å²) in [6, 6.07) is 4.94. The molecule has 1 aromatic heterocycles. The Labute approximate surface area is 134 Å². The van der Waals surface area contributed by atoms with Crippen molar-refractivity contribution < 1.29 is 9.53 Å². The molecule has 118 valence electrons. The van der Waals surface area contributed by atoms with E-state index in [1.807, 2.05) is 6.92 Å². The first-order valence-electron chi connectivity index (χ1n) is 7.01. The van der Waals surface area contributed by atoms with Gasteiger partial charge in [0.25, 0.3) is 5.91 Å². The number of aromatic amines is 1. The second-order valence-electron chi connectivity index (χ2n) is 4.79. The first-order valence-corrected chi connectivity index (χ1v) is 7.39. The highest BCUT2D eigenvalue weighted by molar-refractivity contribution is 6.30. The molecule has 0 saturated carbocycles. The van der Waals surface area contributed by atoms with Crippen molar-refractivity contribution in [3.8, 4) is 5.75 Å². The van der Waals surface area contributed by atoms with E-state index < -0.39 is 0 Å². The summed E-state index contributed by atoms with van der Waals surface area (Å²) in [7, 11) is 0. The number of benzene rings is 1. The largest absolute Gasteiger partial charge is 0.493 e. The van der Waals surface area contributed by atoms with Gasteiger partial charge in [-0.2, -0.15) is 0 Å². The Morgan fingerprint density at radius 3 is 3.00 bits per heavy atom. The van der Waals surface area contributed by atoms with Crippen LogP contribution in [0.5, 0.6) is 5.75 Å². The minimum absolute atomic E-state index is 0.234. The molecule has 0 saturated heterocycles. The smallest absolute Gasteiger partial charge is 0.255 e. The van der Waals surface area contributed by atoms with Crippen molar-refractivity contribution in [1.29, 1.82) is 0 Å². The number of rotatable bonds is 7. The molecule has 0 unspecified atom stereocenters. The van der Waals surface area contributed by atoms with Gasteiger partial charge < -0.3 is 20.8 Å². The summed E-state index contributed by atoms with van der Waals surface area (Å²) in [6.07, 6.45) is 2.31.